The van der Waals surface area contributed by atoms with Gasteiger partial charge in [-0.05, 0) is 31.6 Å². The number of halogens is 2. The second kappa shape index (κ2) is 2.67. The molecule has 0 bridgehead atoms. The van der Waals surface area contributed by atoms with Crippen LogP contribution in [-0.4, -0.2) is 17.0 Å². The average molecular weight is 204 g/mol. The van der Waals surface area contributed by atoms with Crippen molar-refractivity contribution in [3.63, 3.8) is 0 Å². The van der Waals surface area contributed by atoms with Gasteiger partial charge in [-0.25, -0.2) is 8.78 Å². The van der Waals surface area contributed by atoms with Crippen molar-refractivity contribution in [2.75, 3.05) is 0 Å². The minimum absolute atomic E-state index is 0.0777. The molecule has 0 radical (unpaired) electrons. The molecule has 2 aliphatic rings. The van der Waals surface area contributed by atoms with Crippen LogP contribution in [0.3, 0.4) is 0 Å². The zero-order valence-corrected chi connectivity index (χ0v) is 8.09. The van der Waals surface area contributed by atoms with Gasteiger partial charge >= 0.3 is 5.97 Å². The van der Waals surface area contributed by atoms with Crippen LogP contribution in [0.5, 0.6) is 0 Å². The maximum Gasteiger partial charge on any atom is 0.309 e. The Labute approximate surface area is 81.3 Å². The summed E-state index contributed by atoms with van der Waals surface area (Å²) in [6.07, 6.45) is 0.617. The first-order valence-electron chi connectivity index (χ1n) is 4.94. The Morgan fingerprint density at radius 1 is 1.21 bits per heavy atom. The van der Waals surface area contributed by atoms with Gasteiger partial charge in [0.1, 0.15) is 0 Å². The van der Waals surface area contributed by atoms with Gasteiger partial charge in [-0.1, -0.05) is 0 Å². The summed E-state index contributed by atoms with van der Waals surface area (Å²) < 4.78 is 25.9. The summed E-state index contributed by atoms with van der Waals surface area (Å²) in [7, 11) is 0. The van der Waals surface area contributed by atoms with Crippen LogP contribution in [0.4, 0.5) is 8.78 Å². The molecule has 2 fully saturated rings. The molecule has 0 amide bonds. The monoisotopic (exact) mass is 204 g/mol. The Morgan fingerprint density at radius 3 is 2.00 bits per heavy atom. The third kappa shape index (κ3) is 1.41. The average Bonchev–Trinajstić information content (AvgIpc) is 2.37. The van der Waals surface area contributed by atoms with Crippen LogP contribution in [0, 0.1) is 17.3 Å². The third-order valence-corrected chi connectivity index (χ3v) is 3.73. The van der Waals surface area contributed by atoms with Crippen molar-refractivity contribution < 1.29 is 18.7 Å². The Kier molecular flexibility index (Phi) is 1.88. The van der Waals surface area contributed by atoms with Crippen LogP contribution in [-0.2, 0) is 4.79 Å². The minimum Gasteiger partial charge on any atom is -0.481 e. The molecule has 0 aromatic carbocycles. The fraction of sp³-hybridized carbons (Fsp3) is 0.900. The lowest BCUT2D eigenvalue weighted by molar-refractivity contribution is -0.148. The molecular weight excluding hydrogens is 190 g/mol. The molecule has 0 aromatic heterocycles. The maximum absolute atomic E-state index is 13.0. The van der Waals surface area contributed by atoms with E-state index < -0.39 is 17.3 Å². The molecule has 0 aromatic rings. The molecule has 2 saturated carbocycles. The molecule has 2 rings (SSSR count). The summed E-state index contributed by atoms with van der Waals surface area (Å²) in [5.41, 5.74) is -0.758. The van der Waals surface area contributed by atoms with E-state index in [4.69, 9.17) is 5.11 Å². The fourth-order valence-corrected chi connectivity index (χ4v) is 3.08. The first-order chi connectivity index (χ1) is 6.32. The summed E-state index contributed by atoms with van der Waals surface area (Å²) in [4.78, 5) is 10.9. The van der Waals surface area contributed by atoms with Gasteiger partial charge < -0.3 is 5.11 Å². The first-order valence-corrected chi connectivity index (χ1v) is 4.94. The molecule has 0 spiro atoms. The molecule has 0 heterocycles. The first kappa shape index (κ1) is 9.87. The van der Waals surface area contributed by atoms with Gasteiger partial charge in [0.05, 0.1) is 5.41 Å². The van der Waals surface area contributed by atoms with E-state index in [1.807, 2.05) is 0 Å². The van der Waals surface area contributed by atoms with Gasteiger partial charge in [0.25, 0.3) is 0 Å². The van der Waals surface area contributed by atoms with Crippen LogP contribution >= 0.6 is 0 Å². The Hall–Kier alpha value is -0.670. The maximum atomic E-state index is 13.0. The van der Waals surface area contributed by atoms with Gasteiger partial charge in [0.2, 0.25) is 5.92 Å². The normalized spacial score (nSPS) is 45.1. The van der Waals surface area contributed by atoms with E-state index in [1.54, 1.807) is 6.92 Å². The molecule has 1 N–H and O–H groups in total. The van der Waals surface area contributed by atoms with Crippen LogP contribution in [0.1, 0.15) is 32.6 Å². The zero-order valence-electron chi connectivity index (χ0n) is 8.09. The van der Waals surface area contributed by atoms with Crippen molar-refractivity contribution in [2.24, 2.45) is 17.3 Å². The number of hydrogen-bond acceptors (Lipinski definition) is 1. The fourth-order valence-electron chi connectivity index (χ4n) is 3.08. The van der Waals surface area contributed by atoms with E-state index in [0.29, 0.717) is 12.8 Å². The highest BCUT2D eigenvalue weighted by Crippen LogP contribution is 2.57. The number of hydrogen-bond donors (Lipinski definition) is 1. The van der Waals surface area contributed by atoms with Gasteiger partial charge in [-0.2, -0.15) is 0 Å². The molecule has 4 heteroatoms. The molecule has 2 nitrogen and oxygen atoms in total. The Morgan fingerprint density at radius 2 is 1.64 bits per heavy atom. The lowest BCUT2D eigenvalue weighted by Crippen LogP contribution is -2.26. The summed E-state index contributed by atoms with van der Waals surface area (Å²) in [6, 6.07) is 0. The lowest BCUT2D eigenvalue weighted by Gasteiger charge is -2.20. The molecule has 2 aliphatic carbocycles. The Balaban J connectivity index is 2.10. The Bertz CT molecular complexity index is 259. The highest BCUT2D eigenvalue weighted by atomic mass is 19.3. The number of aliphatic carboxylic acids is 1. The summed E-state index contributed by atoms with van der Waals surface area (Å²) >= 11 is 0. The van der Waals surface area contributed by atoms with Crippen molar-refractivity contribution in [1.29, 1.82) is 0 Å². The summed E-state index contributed by atoms with van der Waals surface area (Å²) in [5, 5.41) is 8.97. The number of fused-ring (bicyclic) bond motifs is 1. The van der Waals surface area contributed by atoms with E-state index in [1.165, 1.54) is 0 Å². The van der Waals surface area contributed by atoms with E-state index in [0.717, 1.165) is 0 Å². The van der Waals surface area contributed by atoms with E-state index in [-0.39, 0.29) is 24.7 Å². The van der Waals surface area contributed by atoms with Crippen LogP contribution in [0.2, 0.25) is 0 Å². The number of carbonyl (C=O) groups is 1. The molecule has 80 valence electrons. The molecule has 1 unspecified atom stereocenters. The molecular formula is C10H14F2O2. The zero-order chi connectivity index (χ0) is 10.6. The van der Waals surface area contributed by atoms with Gasteiger partial charge in [0, 0.05) is 12.8 Å². The second-order valence-corrected chi connectivity index (χ2v) is 5.06. The summed E-state index contributed by atoms with van der Waals surface area (Å²) in [5.74, 6) is -3.54. The van der Waals surface area contributed by atoms with Crippen LogP contribution < -0.4 is 0 Å². The largest absolute Gasteiger partial charge is 0.481 e. The van der Waals surface area contributed by atoms with E-state index >= 15 is 0 Å². The summed E-state index contributed by atoms with van der Waals surface area (Å²) in [6.45, 7) is 1.67. The SMILES string of the molecule is CC1(C(=O)O)C[C@H]2CC(F)(F)C[C@H]2C1. The second-order valence-electron chi connectivity index (χ2n) is 5.06. The molecule has 3 atom stereocenters. The number of carboxylic acid groups (broad SMARTS) is 1. The minimum atomic E-state index is -2.55. The topological polar surface area (TPSA) is 37.3 Å². The number of carboxylic acids is 1. The van der Waals surface area contributed by atoms with E-state index in [9.17, 15) is 13.6 Å². The molecule has 0 saturated heterocycles. The van der Waals surface area contributed by atoms with Gasteiger partial charge in [-0.3, -0.25) is 4.79 Å². The van der Waals surface area contributed by atoms with Crippen LogP contribution in [0.25, 0.3) is 0 Å². The third-order valence-electron chi connectivity index (χ3n) is 3.73. The van der Waals surface area contributed by atoms with Crippen LogP contribution in [0.15, 0.2) is 0 Å². The number of rotatable bonds is 1. The van der Waals surface area contributed by atoms with Gasteiger partial charge in [0.15, 0.2) is 0 Å². The predicted molar refractivity (Wildman–Crippen MR) is 46.1 cm³/mol. The predicted octanol–water partition coefficient (Wildman–Crippen LogP) is 2.53. The highest BCUT2D eigenvalue weighted by molar-refractivity contribution is 5.74. The standard InChI is InChI=1S/C10H14F2O2/c1-9(8(13)14)2-6-4-10(11,12)5-7(6)3-9/h6-7H,2-5H2,1H3,(H,13,14)/t6-,7+,9?. The molecule has 14 heavy (non-hydrogen) atoms. The lowest BCUT2D eigenvalue weighted by atomic mass is 9.86. The quantitative estimate of drug-likeness (QED) is 0.712. The van der Waals surface area contributed by atoms with Crippen molar-refractivity contribution in [3.8, 4) is 0 Å². The number of alkyl halides is 2. The van der Waals surface area contributed by atoms with Crippen molar-refractivity contribution in [1.82, 2.24) is 0 Å². The highest BCUT2D eigenvalue weighted by Gasteiger charge is 2.56. The smallest absolute Gasteiger partial charge is 0.309 e. The van der Waals surface area contributed by atoms with Crippen molar-refractivity contribution in [3.05, 3.63) is 0 Å². The van der Waals surface area contributed by atoms with Crippen molar-refractivity contribution >= 4 is 5.97 Å². The van der Waals surface area contributed by atoms with Gasteiger partial charge in [-0.15, -0.1) is 0 Å². The van der Waals surface area contributed by atoms with E-state index in [2.05, 4.69) is 0 Å². The van der Waals surface area contributed by atoms with Crippen molar-refractivity contribution in [2.45, 2.75) is 38.5 Å². The molecule has 0 aliphatic heterocycles.